The predicted octanol–water partition coefficient (Wildman–Crippen LogP) is 4.44. The highest BCUT2D eigenvalue weighted by atomic mass is 16.7. The molecule has 3 aromatic rings. The maximum atomic E-state index is 13.7. The van der Waals surface area contributed by atoms with E-state index in [4.69, 9.17) is 14.2 Å². The van der Waals surface area contributed by atoms with Gasteiger partial charge in [-0.25, -0.2) is 4.90 Å². The van der Waals surface area contributed by atoms with Crippen molar-refractivity contribution in [2.75, 3.05) is 24.1 Å². The summed E-state index contributed by atoms with van der Waals surface area (Å²) < 4.78 is 16.0. The number of hydrogen-bond donors (Lipinski definition) is 1. The van der Waals surface area contributed by atoms with Gasteiger partial charge in [-0.3, -0.25) is 9.59 Å². The Bertz CT molecular complexity index is 1310. The molecule has 0 saturated carbocycles. The number of hydrogen-bond acceptors (Lipinski definition) is 6. The zero-order valence-corrected chi connectivity index (χ0v) is 18.5. The number of nitrogens with zero attached hydrogens (tertiary/aromatic N) is 1. The molecule has 2 aliphatic rings. The first-order valence-corrected chi connectivity index (χ1v) is 10.5. The maximum Gasteiger partial charge on any atom is 0.282 e. The van der Waals surface area contributed by atoms with E-state index in [1.165, 1.54) is 4.90 Å². The van der Waals surface area contributed by atoms with Crippen LogP contribution in [0.1, 0.15) is 16.7 Å². The molecule has 0 spiro atoms. The minimum atomic E-state index is -0.440. The first-order valence-electron chi connectivity index (χ1n) is 10.5. The van der Waals surface area contributed by atoms with E-state index in [1.54, 1.807) is 49.6 Å². The number of ether oxygens (including phenoxy) is 3. The zero-order chi connectivity index (χ0) is 23.1. The molecule has 166 valence electrons. The Morgan fingerprint density at radius 3 is 2.36 bits per heavy atom. The van der Waals surface area contributed by atoms with Crippen molar-refractivity contribution in [2.45, 2.75) is 13.8 Å². The SMILES string of the molecule is COc1ccc(NC2=C(c3ccc(C)cc3C)C(=O)N(c3ccc4c(c3)OCO4)C2=O)cc1. The molecule has 33 heavy (non-hydrogen) atoms. The molecule has 0 aromatic heterocycles. The lowest BCUT2D eigenvalue weighted by atomic mass is 9.97. The van der Waals surface area contributed by atoms with E-state index in [0.29, 0.717) is 39.8 Å². The van der Waals surface area contributed by atoms with Gasteiger partial charge < -0.3 is 19.5 Å². The van der Waals surface area contributed by atoms with Crippen LogP contribution >= 0.6 is 0 Å². The number of aryl methyl sites for hydroxylation is 2. The van der Waals surface area contributed by atoms with Crippen LogP contribution in [-0.2, 0) is 9.59 Å². The standard InChI is InChI=1S/C26H22N2O5/c1-15-4-10-20(16(2)12-15)23-24(27-17-5-8-19(31-3)9-6-17)26(30)28(25(23)29)18-7-11-21-22(13-18)33-14-32-21/h4-13,27H,14H2,1-3H3. The van der Waals surface area contributed by atoms with Gasteiger partial charge in [0.2, 0.25) is 6.79 Å². The molecule has 2 amide bonds. The number of anilines is 2. The first-order chi connectivity index (χ1) is 16.0. The third-order valence-corrected chi connectivity index (χ3v) is 5.71. The molecule has 1 N–H and O–H groups in total. The van der Waals surface area contributed by atoms with E-state index in [9.17, 15) is 9.59 Å². The number of carbonyl (C=O) groups excluding carboxylic acids is 2. The fraction of sp³-hybridized carbons (Fsp3) is 0.154. The van der Waals surface area contributed by atoms with E-state index >= 15 is 0 Å². The van der Waals surface area contributed by atoms with Gasteiger partial charge in [-0.2, -0.15) is 0 Å². The highest BCUT2D eigenvalue weighted by Gasteiger charge is 2.41. The second-order valence-electron chi connectivity index (χ2n) is 7.91. The summed E-state index contributed by atoms with van der Waals surface area (Å²) >= 11 is 0. The summed E-state index contributed by atoms with van der Waals surface area (Å²) in [4.78, 5) is 28.4. The Balaban J connectivity index is 1.60. The molecule has 2 heterocycles. The second kappa shape index (κ2) is 8.02. The minimum absolute atomic E-state index is 0.108. The highest BCUT2D eigenvalue weighted by Crippen LogP contribution is 2.40. The number of imide groups is 1. The Morgan fingerprint density at radius 1 is 0.879 bits per heavy atom. The average molecular weight is 442 g/mol. The number of rotatable bonds is 5. The van der Waals surface area contributed by atoms with Gasteiger partial charge in [0.25, 0.3) is 11.8 Å². The summed E-state index contributed by atoms with van der Waals surface area (Å²) in [6.07, 6.45) is 0. The van der Waals surface area contributed by atoms with Crippen molar-refractivity contribution in [2.24, 2.45) is 0 Å². The third kappa shape index (κ3) is 3.57. The van der Waals surface area contributed by atoms with Gasteiger partial charge in [0.15, 0.2) is 11.5 Å². The molecular formula is C26H22N2O5. The number of amides is 2. The molecule has 0 saturated heterocycles. The van der Waals surface area contributed by atoms with E-state index in [0.717, 1.165) is 11.1 Å². The smallest absolute Gasteiger partial charge is 0.282 e. The topological polar surface area (TPSA) is 77.1 Å². The monoisotopic (exact) mass is 442 g/mol. The summed E-state index contributed by atoms with van der Waals surface area (Å²) in [5.41, 5.74) is 4.32. The molecule has 0 radical (unpaired) electrons. The molecule has 0 atom stereocenters. The quantitative estimate of drug-likeness (QED) is 0.589. The van der Waals surface area contributed by atoms with E-state index in [2.05, 4.69) is 5.32 Å². The van der Waals surface area contributed by atoms with Gasteiger partial charge in [0, 0.05) is 11.8 Å². The molecule has 0 aliphatic carbocycles. The van der Waals surface area contributed by atoms with Crippen LogP contribution in [0.4, 0.5) is 11.4 Å². The van der Waals surface area contributed by atoms with Crippen LogP contribution in [0.15, 0.2) is 66.4 Å². The van der Waals surface area contributed by atoms with Crippen molar-refractivity contribution in [3.05, 3.63) is 83.1 Å². The molecule has 7 nitrogen and oxygen atoms in total. The average Bonchev–Trinajstić information content (AvgIpc) is 3.37. The van der Waals surface area contributed by atoms with Crippen LogP contribution in [0.5, 0.6) is 17.2 Å². The van der Waals surface area contributed by atoms with Crippen molar-refractivity contribution in [3.63, 3.8) is 0 Å². The maximum absolute atomic E-state index is 13.7. The van der Waals surface area contributed by atoms with Crippen LogP contribution in [0.3, 0.4) is 0 Å². The van der Waals surface area contributed by atoms with Crippen molar-refractivity contribution in [1.82, 2.24) is 0 Å². The van der Waals surface area contributed by atoms with Gasteiger partial charge >= 0.3 is 0 Å². The number of nitrogens with one attached hydrogen (secondary N) is 1. The summed E-state index contributed by atoms with van der Waals surface area (Å²) in [5, 5.41) is 3.17. The molecule has 3 aromatic carbocycles. The largest absolute Gasteiger partial charge is 0.497 e. The van der Waals surface area contributed by atoms with Crippen molar-refractivity contribution in [3.8, 4) is 17.2 Å². The molecule has 7 heteroatoms. The van der Waals surface area contributed by atoms with Crippen LogP contribution in [0.2, 0.25) is 0 Å². The van der Waals surface area contributed by atoms with Crippen LogP contribution in [-0.4, -0.2) is 25.7 Å². The van der Waals surface area contributed by atoms with Crippen molar-refractivity contribution >= 4 is 28.8 Å². The first kappa shape index (κ1) is 20.6. The Hall–Kier alpha value is -4.26. The Kier molecular flexibility index (Phi) is 5.01. The summed E-state index contributed by atoms with van der Waals surface area (Å²) in [6, 6.07) is 18.0. The van der Waals surface area contributed by atoms with Gasteiger partial charge in [-0.1, -0.05) is 23.8 Å². The number of benzene rings is 3. The Labute approximate surface area is 191 Å². The van der Waals surface area contributed by atoms with Gasteiger partial charge in [-0.15, -0.1) is 0 Å². The summed E-state index contributed by atoms with van der Waals surface area (Å²) in [5.74, 6) is 0.932. The lowest BCUT2D eigenvalue weighted by molar-refractivity contribution is -0.120. The molecule has 0 bridgehead atoms. The molecule has 0 unspecified atom stereocenters. The molecule has 0 fully saturated rings. The zero-order valence-electron chi connectivity index (χ0n) is 18.5. The Morgan fingerprint density at radius 2 is 1.64 bits per heavy atom. The van der Waals surface area contributed by atoms with Gasteiger partial charge in [0.05, 0.1) is 18.4 Å². The van der Waals surface area contributed by atoms with Crippen LogP contribution in [0, 0.1) is 13.8 Å². The second-order valence-corrected chi connectivity index (χ2v) is 7.91. The fourth-order valence-electron chi connectivity index (χ4n) is 4.07. The van der Waals surface area contributed by atoms with E-state index in [1.807, 2.05) is 32.0 Å². The summed E-state index contributed by atoms with van der Waals surface area (Å²) in [7, 11) is 1.59. The van der Waals surface area contributed by atoms with Crippen LogP contribution in [0.25, 0.3) is 5.57 Å². The van der Waals surface area contributed by atoms with Gasteiger partial charge in [0.1, 0.15) is 11.4 Å². The molecular weight excluding hydrogens is 420 g/mol. The van der Waals surface area contributed by atoms with Crippen molar-refractivity contribution < 1.29 is 23.8 Å². The number of fused-ring (bicyclic) bond motifs is 1. The molecule has 5 rings (SSSR count). The van der Waals surface area contributed by atoms with Gasteiger partial charge in [-0.05, 0) is 61.4 Å². The van der Waals surface area contributed by atoms with Crippen LogP contribution < -0.4 is 24.4 Å². The predicted molar refractivity (Wildman–Crippen MR) is 125 cm³/mol. The third-order valence-electron chi connectivity index (χ3n) is 5.71. The summed E-state index contributed by atoms with van der Waals surface area (Å²) in [6.45, 7) is 4.03. The minimum Gasteiger partial charge on any atom is -0.497 e. The lowest BCUT2D eigenvalue weighted by Crippen LogP contribution is -2.32. The van der Waals surface area contributed by atoms with E-state index in [-0.39, 0.29) is 12.5 Å². The van der Waals surface area contributed by atoms with E-state index < -0.39 is 11.8 Å². The highest BCUT2D eigenvalue weighted by molar-refractivity contribution is 6.46. The number of carbonyl (C=O) groups is 2. The van der Waals surface area contributed by atoms with Crippen molar-refractivity contribution in [1.29, 1.82) is 0 Å². The molecule has 2 aliphatic heterocycles. The normalized spacial score (nSPS) is 14.8. The number of methoxy groups -OCH3 is 1. The lowest BCUT2D eigenvalue weighted by Gasteiger charge is -2.16. The fourth-order valence-corrected chi connectivity index (χ4v) is 4.07.